The Morgan fingerprint density at radius 3 is 2.75 bits per heavy atom. The van der Waals surface area contributed by atoms with Gasteiger partial charge in [0.25, 0.3) is 0 Å². The smallest absolute Gasteiger partial charge is 0.236 e. The van der Waals surface area contributed by atoms with Crippen LogP contribution in [-0.4, -0.2) is 70.2 Å². The van der Waals surface area contributed by atoms with Crippen LogP contribution in [0.5, 0.6) is 0 Å². The Kier molecular flexibility index (Phi) is 6.70. The molecule has 1 aromatic heterocycles. The predicted molar refractivity (Wildman–Crippen MR) is 109 cm³/mol. The van der Waals surface area contributed by atoms with Crippen molar-refractivity contribution < 1.29 is 9.59 Å². The average molecular weight is 404 g/mol. The van der Waals surface area contributed by atoms with Crippen LogP contribution in [-0.2, 0) is 16.0 Å². The number of carbonyl (C=O) groups is 2. The fraction of sp³-hybridized carbons (Fsp3) is 0.450. The number of rotatable bonds is 4. The molecule has 1 unspecified atom stereocenters. The van der Waals surface area contributed by atoms with E-state index in [1.807, 2.05) is 46.3 Å². The summed E-state index contributed by atoms with van der Waals surface area (Å²) in [5.41, 5.74) is 1.97. The Morgan fingerprint density at radius 1 is 1.21 bits per heavy atom. The minimum Gasteiger partial charge on any atom is -0.340 e. The first-order valence-electron chi connectivity index (χ1n) is 9.57. The van der Waals surface area contributed by atoms with Gasteiger partial charge in [0, 0.05) is 44.6 Å². The van der Waals surface area contributed by atoms with Crippen molar-refractivity contribution in [3.63, 3.8) is 0 Å². The molecule has 150 valence electrons. The molecule has 28 heavy (non-hydrogen) atoms. The highest BCUT2D eigenvalue weighted by molar-refractivity contribution is 5.85. The quantitative estimate of drug-likeness (QED) is 0.834. The molecule has 0 bridgehead atoms. The highest BCUT2D eigenvalue weighted by Crippen LogP contribution is 2.18. The Balaban J connectivity index is 0.00000225. The van der Waals surface area contributed by atoms with Gasteiger partial charge >= 0.3 is 0 Å². The van der Waals surface area contributed by atoms with E-state index in [1.165, 1.54) is 0 Å². The molecule has 0 aliphatic carbocycles. The van der Waals surface area contributed by atoms with Crippen LogP contribution in [0, 0.1) is 0 Å². The Morgan fingerprint density at radius 2 is 2.04 bits per heavy atom. The van der Waals surface area contributed by atoms with Crippen molar-refractivity contribution in [3.8, 4) is 5.69 Å². The average Bonchev–Trinajstić information content (AvgIpc) is 3.24. The topological polar surface area (TPSA) is 70.5 Å². The molecule has 2 aliphatic heterocycles. The van der Waals surface area contributed by atoms with Gasteiger partial charge in [-0.1, -0.05) is 12.1 Å². The number of amides is 2. The summed E-state index contributed by atoms with van der Waals surface area (Å²) in [6.45, 7) is 3.41. The molecule has 0 saturated carbocycles. The van der Waals surface area contributed by atoms with E-state index in [-0.39, 0.29) is 30.3 Å². The molecular formula is C20H26ClN5O2. The summed E-state index contributed by atoms with van der Waals surface area (Å²) in [6.07, 6.45) is 5.96. The zero-order chi connectivity index (χ0) is 18.6. The van der Waals surface area contributed by atoms with Gasteiger partial charge in [0.1, 0.15) is 0 Å². The maximum absolute atomic E-state index is 12.8. The number of hydrogen-bond acceptors (Lipinski definition) is 4. The molecule has 2 saturated heterocycles. The molecule has 1 aromatic carbocycles. The van der Waals surface area contributed by atoms with Crippen LogP contribution < -0.4 is 5.32 Å². The molecule has 7 nitrogen and oxygen atoms in total. The highest BCUT2D eigenvalue weighted by atomic mass is 35.5. The molecule has 0 radical (unpaired) electrons. The lowest BCUT2D eigenvalue weighted by molar-refractivity contribution is -0.140. The number of piperidine rings is 1. The molecule has 2 amide bonds. The van der Waals surface area contributed by atoms with Crippen LogP contribution in [0.3, 0.4) is 0 Å². The van der Waals surface area contributed by atoms with E-state index < -0.39 is 0 Å². The summed E-state index contributed by atoms with van der Waals surface area (Å²) < 4.78 is 1.80. The van der Waals surface area contributed by atoms with E-state index in [9.17, 15) is 9.59 Å². The predicted octanol–water partition coefficient (Wildman–Crippen LogP) is 1.26. The number of nitrogens with zero attached hydrogens (tertiary/aromatic N) is 4. The van der Waals surface area contributed by atoms with Crippen molar-refractivity contribution in [2.75, 3.05) is 32.7 Å². The molecule has 3 heterocycles. The minimum absolute atomic E-state index is 0. The van der Waals surface area contributed by atoms with Gasteiger partial charge in [-0.2, -0.15) is 5.10 Å². The summed E-state index contributed by atoms with van der Waals surface area (Å²) in [5, 5.41) is 7.32. The van der Waals surface area contributed by atoms with Gasteiger partial charge < -0.3 is 15.1 Å². The molecule has 1 atom stereocenters. The van der Waals surface area contributed by atoms with Gasteiger partial charge in [0.05, 0.1) is 18.7 Å². The zero-order valence-electron chi connectivity index (χ0n) is 15.8. The maximum atomic E-state index is 12.8. The summed E-state index contributed by atoms with van der Waals surface area (Å²) in [7, 11) is 0. The molecular weight excluding hydrogens is 378 g/mol. The van der Waals surface area contributed by atoms with E-state index in [4.69, 9.17) is 0 Å². The first-order valence-corrected chi connectivity index (χ1v) is 9.57. The zero-order valence-corrected chi connectivity index (χ0v) is 16.6. The van der Waals surface area contributed by atoms with Gasteiger partial charge in [0.15, 0.2) is 0 Å². The number of piperazine rings is 1. The molecule has 2 aliphatic rings. The lowest BCUT2D eigenvalue weighted by atomic mass is 10.0. The molecule has 2 aromatic rings. The van der Waals surface area contributed by atoms with E-state index in [1.54, 1.807) is 10.9 Å². The fourth-order valence-corrected chi connectivity index (χ4v) is 3.92. The van der Waals surface area contributed by atoms with Gasteiger partial charge in [-0.05, 0) is 36.6 Å². The Labute approximate surface area is 171 Å². The second kappa shape index (κ2) is 9.21. The number of aromatic nitrogens is 2. The maximum Gasteiger partial charge on any atom is 0.236 e. The third kappa shape index (κ3) is 4.54. The first kappa shape index (κ1) is 20.4. The number of halogens is 1. The number of hydrogen-bond donors (Lipinski definition) is 1. The summed E-state index contributed by atoms with van der Waals surface area (Å²) in [6, 6.07) is 9.96. The summed E-state index contributed by atoms with van der Waals surface area (Å²) in [4.78, 5) is 28.8. The lowest BCUT2D eigenvalue weighted by Crippen LogP contribution is -2.57. The molecule has 2 fully saturated rings. The molecule has 4 rings (SSSR count). The summed E-state index contributed by atoms with van der Waals surface area (Å²) >= 11 is 0. The van der Waals surface area contributed by atoms with Gasteiger partial charge in [-0.3, -0.25) is 9.59 Å². The van der Waals surface area contributed by atoms with E-state index in [2.05, 4.69) is 10.4 Å². The van der Waals surface area contributed by atoms with Crippen LogP contribution in [0.25, 0.3) is 5.69 Å². The normalized spacial score (nSPS) is 20.0. The van der Waals surface area contributed by atoms with Gasteiger partial charge in [-0.25, -0.2) is 4.68 Å². The van der Waals surface area contributed by atoms with E-state index in [0.717, 1.165) is 43.7 Å². The van der Waals surface area contributed by atoms with Crippen molar-refractivity contribution in [3.05, 3.63) is 48.3 Å². The van der Waals surface area contributed by atoms with Gasteiger partial charge in [0.2, 0.25) is 11.8 Å². The third-order valence-electron chi connectivity index (χ3n) is 5.38. The van der Waals surface area contributed by atoms with Crippen molar-refractivity contribution in [2.45, 2.75) is 25.3 Å². The lowest BCUT2D eigenvalue weighted by Gasteiger charge is -2.41. The Bertz CT molecular complexity index is 793. The van der Waals surface area contributed by atoms with Crippen LogP contribution in [0.2, 0.25) is 0 Å². The minimum atomic E-state index is 0. The van der Waals surface area contributed by atoms with Crippen LogP contribution in [0.15, 0.2) is 42.7 Å². The van der Waals surface area contributed by atoms with Crippen LogP contribution in [0.1, 0.15) is 18.4 Å². The van der Waals surface area contributed by atoms with Crippen molar-refractivity contribution in [2.24, 2.45) is 0 Å². The van der Waals surface area contributed by atoms with Crippen molar-refractivity contribution in [1.29, 1.82) is 0 Å². The Hall–Kier alpha value is -2.38. The van der Waals surface area contributed by atoms with Crippen molar-refractivity contribution >= 4 is 24.2 Å². The van der Waals surface area contributed by atoms with Crippen molar-refractivity contribution in [1.82, 2.24) is 24.9 Å². The number of nitrogens with one attached hydrogen (secondary N) is 1. The summed E-state index contributed by atoms with van der Waals surface area (Å²) in [5.74, 6) is 0.281. The van der Waals surface area contributed by atoms with Gasteiger partial charge in [-0.15, -0.1) is 12.4 Å². The first-order chi connectivity index (χ1) is 13.2. The standard InChI is InChI=1S/C20H25N5O2.ClH/c26-19(13-16-4-6-17(7-5-16)25-11-2-8-22-25)23-10-1-3-18(15-23)24-12-9-21-14-20(24)27;/h2,4-8,11,18,21H,1,3,9-10,12-15H2;1H. The highest BCUT2D eigenvalue weighted by Gasteiger charge is 2.31. The monoisotopic (exact) mass is 403 g/mol. The van der Waals surface area contributed by atoms with E-state index in [0.29, 0.717) is 19.5 Å². The molecule has 8 heteroatoms. The third-order valence-corrected chi connectivity index (χ3v) is 5.38. The number of likely N-dealkylation sites (tertiary alicyclic amines) is 1. The number of carbonyl (C=O) groups excluding carboxylic acids is 2. The number of benzene rings is 1. The molecule has 1 N–H and O–H groups in total. The SMILES string of the molecule is Cl.O=C(Cc1ccc(-n2cccn2)cc1)N1CCCC(N2CCNCC2=O)C1. The molecule has 0 spiro atoms. The second-order valence-corrected chi connectivity index (χ2v) is 7.19. The fourth-order valence-electron chi connectivity index (χ4n) is 3.92. The largest absolute Gasteiger partial charge is 0.340 e. The van der Waals surface area contributed by atoms with Crippen LogP contribution >= 0.6 is 12.4 Å². The van der Waals surface area contributed by atoms with E-state index >= 15 is 0 Å². The second-order valence-electron chi connectivity index (χ2n) is 7.19. The van der Waals surface area contributed by atoms with Crippen LogP contribution in [0.4, 0.5) is 0 Å².